The summed E-state index contributed by atoms with van der Waals surface area (Å²) in [6.45, 7) is 3.79. The number of hydrogen-bond acceptors (Lipinski definition) is 4. The lowest BCUT2D eigenvalue weighted by Crippen LogP contribution is -2.31. The number of anilines is 1. The van der Waals surface area contributed by atoms with E-state index in [1.165, 1.54) is 36.2 Å². The molecule has 0 spiro atoms. The van der Waals surface area contributed by atoms with Crippen molar-refractivity contribution in [3.05, 3.63) is 59.2 Å². The maximum absolute atomic E-state index is 13.9. The van der Waals surface area contributed by atoms with Crippen molar-refractivity contribution in [1.82, 2.24) is 9.97 Å². The Hall–Kier alpha value is -2.69. The Morgan fingerprint density at radius 3 is 2.83 bits per heavy atom. The van der Waals surface area contributed by atoms with Crippen LogP contribution in [0.3, 0.4) is 0 Å². The summed E-state index contributed by atoms with van der Waals surface area (Å²) in [5.41, 5.74) is 4.59. The molecule has 4 rings (SSSR count). The first-order valence-electron chi connectivity index (χ1n) is 7.97. The number of benzene rings is 2. The molecule has 2 heterocycles. The Morgan fingerprint density at radius 2 is 2.00 bits per heavy atom. The molecule has 4 nitrogen and oxygen atoms in total. The number of fused-ring (bicyclic) bond motifs is 2. The molecular weight excluding hydrogens is 305 g/mol. The number of hydrogen-bond donors (Lipinski definition) is 0. The van der Waals surface area contributed by atoms with Crippen LogP contribution in [-0.4, -0.2) is 23.6 Å². The Balaban J connectivity index is 1.78. The number of nitrogens with zero attached hydrogens (tertiary/aromatic N) is 3. The highest BCUT2D eigenvalue weighted by Crippen LogP contribution is 2.32. The summed E-state index contributed by atoms with van der Waals surface area (Å²) in [6.07, 6.45) is 2.47. The van der Waals surface area contributed by atoms with Crippen molar-refractivity contribution in [3.8, 4) is 5.75 Å². The molecule has 0 saturated carbocycles. The van der Waals surface area contributed by atoms with Crippen LogP contribution in [0.5, 0.6) is 5.75 Å². The maximum atomic E-state index is 13.9. The molecule has 24 heavy (non-hydrogen) atoms. The zero-order chi connectivity index (χ0) is 16.7. The average molecular weight is 323 g/mol. The van der Waals surface area contributed by atoms with E-state index in [1.807, 2.05) is 0 Å². The molecule has 1 aliphatic heterocycles. The summed E-state index contributed by atoms with van der Waals surface area (Å²) < 4.78 is 19.0. The van der Waals surface area contributed by atoms with Crippen molar-refractivity contribution < 1.29 is 9.13 Å². The topological polar surface area (TPSA) is 38.2 Å². The predicted molar refractivity (Wildman–Crippen MR) is 92.0 cm³/mol. The minimum Gasteiger partial charge on any atom is -0.494 e. The number of rotatable bonds is 2. The van der Waals surface area contributed by atoms with E-state index in [1.54, 1.807) is 6.07 Å². The van der Waals surface area contributed by atoms with Crippen molar-refractivity contribution in [3.63, 3.8) is 0 Å². The van der Waals surface area contributed by atoms with Crippen LogP contribution in [0, 0.1) is 12.7 Å². The normalized spacial score (nSPS) is 13.9. The van der Waals surface area contributed by atoms with E-state index < -0.39 is 5.82 Å². The van der Waals surface area contributed by atoms with Crippen LogP contribution in [0.15, 0.2) is 36.7 Å². The van der Waals surface area contributed by atoms with Gasteiger partial charge in [0.05, 0.1) is 12.6 Å². The second-order valence-electron chi connectivity index (χ2n) is 6.14. The number of aromatic nitrogens is 2. The van der Waals surface area contributed by atoms with Crippen molar-refractivity contribution in [1.29, 1.82) is 0 Å². The lowest BCUT2D eigenvalue weighted by atomic mass is 9.97. The molecule has 1 aromatic heterocycles. The number of methoxy groups -OCH3 is 1. The van der Waals surface area contributed by atoms with Gasteiger partial charge in [-0.1, -0.05) is 23.8 Å². The molecule has 0 bridgehead atoms. The fourth-order valence-corrected chi connectivity index (χ4v) is 3.32. The molecule has 0 radical (unpaired) electrons. The standard InChI is InChI=1S/C19H18FN3O/c1-12-3-4-14-10-23(6-5-13(14)7-12)19-15-8-18(24-2)16(20)9-17(15)21-11-22-19/h3-4,7-9,11H,5-6,10H2,1-2H3. The highest BCUT2D eigenvalue weighted by Gasteiger charge is 2.20. The monoisotopic (exact) mass is 323 g/mol. The van der Waals surface area contributed by atoms with Crippen LogP contribution in [-0.2, 0) is 13.0 Å². The predicted octanol–water partition coefficient (Wildman–Crippen LogP) is 3.65. The maximum Gasteiger partial charge on any atom is 0.167 e. The van der Waals surface area contributed by atoms with Gasteiger partial charge in [-0.05, 0) is 30.5 Å². The van der Waals surface area contributed by atoms with Crippen LogP contribution >= 0.6 is 0 Å². The third-order valence-electron chi connectivity index (χ3n) is 4.56. The molecule has 122 valence electrons. The smallest absolute Gasteiger partial charge is 0.167 e. The van der Waals surface area contributed by atoms with Gasteiger partial charge in [0.15, 0.2) is 11.6 Å². The van der Waals surface area contributed by atoms with Crippen LogP contribution < -0.4 is 9.64 Å². The molecule has 0 saturated heterocycles. The summed E-state index contributed by atoms with van der Waals surface area (Å²) in [5, 5.41) is 0.811. The number of aryl methyl sites for hydroxylation is 1. The lowest BCUT2D eigenvalue weighted by molar-refractivity contribution is 0.387. The summed E-state index contributed by atoms with van der Waals surface area (Å²) in [6, 6.07) is 9.66. The van der Waals surface area contributed by atoms with Gasteiger partial charge in [-0.15, -0.1) is 0 Å². The SMILES string of the molecule is COc1cc2c(N3CCc4cc(C)ccc4C3)ncnc2cc1F. The quantitative estimate of drug-likeness (QED) is 0.721. The molecule has 0 aliphatic carbocycles. The first kappa shape index (κ1) is 14.9. The van der Waals surface area contributed by atoms with Gasteiger partial charge in [0, 0.05) is 24.5 Å². The summed E-state index contributed by atoms with van der Waals surface area (Å²) in [7, 11) is 1.47. The Bertz CT molecular complexity index is 926. The van der Waals surface area contributed by atoms with E-state index in [2.05, 4.69) is 40.0 Å². The summed E-state index contributed by atoms with van der Waals surface area (Å²) >= 11 is 0. The second-order valence-corrected chi connectivity index (χ2v) is 6.14. The van der Waals surface area contributed by atoms with Crippen molar-refractivity contribution >= 4 is 16.7 Å². The molecule has 0 N–H and O–H groups in total. The molecule has 5 heteroatoms. The van der Waals surface area contributed by atoms with Crippen LogP contribution in [0.4, 0.5) is 10.2 Å². The van der Waals surface area contributed by atoms with Gasteiger partial charge in [0.25, 0.3) is 0 Å². The Kier molecular flexibility index (Phi) is 3.56. The van der Waals surface area contributed by atoms with E-state index in [0.29, 0.717) is 5.52 Å². The highest BCUT2D eigenvalue weighted by atomic mass is 19.1. The molecule has 0 amide bonds. The second kappa shape index (κ2) is 5.74. The van der Waals surface area contributed by atoms with E-state index in [9.17, 15) is 4.39 Å². The van der Waals surface area contributed by atoms with Gasteiger partial charge < -0.3 is 9.64 Å². The zero-order valence-corrected chi connectivity index (χ0v) is 13.7. The zero-order valence-electron chi connectivity index (χ0n) is 13.7. The van der Waals surface area contributed by atoms with Gasteiger partial charge in [-0.3, -0.25) is 0 Å². The van der Waals surface area contributed by atoms with Gasteiger partial charge in [0.2, 0.25) is 0 Å². The van der Waals surface area contributed by atoms with Gasteiger partial charge >= 0.3 is 0 Å². The molecule has 1 aliphatic rings. The lowest BCUT2D eigenvalue weighted by Gasteiger charge is -2.30. The number of ether oxygens (including phenoxy) is 1. The van der Waals surface area contributed by atoms with Crippen LogP contribution in [0.25, 0.3) is 10.9 Å². The number of halogens is 1. The van der Waals surface area contributed by atoms with E-state index >= 15 is 0 Å². The van der Waals surface area contributed by atoms with E-state index in [-0.39, 0.29) is 5.75 Å². The van der Waals surface area contributed by atoms with E-state index in [0.717, 1.165) is 30.7 Å². The Morgan fingerprint density at radius 1 is 1.12 bits per heavy atom. The van der Waals surface area contributed by atoms with Crippen molar-refractivity contribution in [2.75, 3.05) is 18.6 Å². The van der Waals surface area contributed by atoms with Gasteiger partial charge in [0.1, 0.15) is 12.1 Å². The summed E-state index contributed by atoms with van der Waals surface area (Å²) in [4.78, 5) is 10.9. The third-order valence-corrected chi connectivity index (χ3v) is 4.56. The highest BCUT2D eigenvalue weighted by molar-refractivity contribution is 5.90. The first-order chi connectivity index (χ1) is 11.7. The molecule has 0 unspecified atom stereocenters. The molecular formula is C19H18FN3O. The van der Waals surface area contributed by atoms with Crippen molar-refractivity contribution in [2.45, 2.75) is 19.9 Å². The van der Waals surface area contributed by atoms with Crippen molar-refractivity contribution in [2.24, 2.45) is 0 Å². The average Bonchev–Trinajstić information content (AvgIpc) is 2.60. The van der Waals surface area contributed by atoms with Crippen LogP contribution in [0.2, 0.25) is 0 Å². The minimum atomic E-state index is -0.408. The first-order valence-corrected chi connectivity index (χ1v) is 7.97. The Labute approximate surface area is 139 Å². The largest absolute Gasteiger partial charge is 0.494 e. The fourth-order valence-electron chi connectivity index (χ4n) is 3.32. The van der Waals surface area contributed by atoms with Gasteiger partial charge in [-0.2, -0.15) is 0 Å². The fraction of sp³-hybridized carbons (Fsp3) is 0.263. The van der Waals surface area contributed by atoms with Gasteiger partial charge in [-0.25, -0.2) is 14.4 Å². The minimum absolute atomic E-state index is 0.214. The molecule has 0 atom stereocenters. The molecule has 0 fully saturated rings. The van der Waals surface area contributed by atoms with Crippen LogP contribution in [0.1, 0.15) is 16.7 Å². The third kappa shape index (κ3) is 2.46. The molecule has 2 aromatic carbocycles. The summed E-state index contributed by atoms with van der Waals surface area (Å²) in [5.74, 6) is 0.630. The molecule has 3 aromatic rings. The van der Waals surface area contributed by atoms with E-state index in [4.69, 9.17) is 4.74 Å².